The fourth-order valence-corrected chi connectivity index (χ4v) is 2.80. The van der Waals surface area contributed by atoms with E-state index in [1.807, 2.05) is 12.1 Å². The van der Waals surface area contributed by atoms with Crippen LogP contribution in [-0.4, -0.2) is 30.3 Å². The first-order valence-corrected chi connectivity index (χ1v) is 7.52. The standard InChI is InChI=1S/C16H25N3O2/c1-5-11(6-2)16-18-12-9-14(20-3)15(21-4)10-13(12)19(16)8-7-17/h9-11H,5-8,17H2,1-4H3. The molecule has 2 rings (SSSR count). The summed E-state index contributed by atoms with van der Waals surface area (Å²) < 4.78 is 13.0. The fourth-order valence-electron chi connectivity index (χ4n) is 2.80. The molecular formula is C16H25N3O2. The van der Waals surface area contributed by atoms with Gasteiger partial charge in [-0.25, -0.2) is 4.98 Å². The molecule has 116 valence electrons. The van der Waals surface area contributed by atoms with E-state index in [1.165, 1.54) is 0 Å². The van der Waals surface area contributed by atoms with Crippen LogP contribution in [-0.2, 0) is 6.54 Å². The highest BCUT2D eigenvalue weighted by Gasteiger charge is 2.19. The van der Waals surface area contributed by atoms with Crippen LogP contribution in [0.2, 0.25) is 0 Å². The molecule has 0 atom stereocenters. The Balaban J connectivity index is 2.66. The summed E-state index contributed by atoms with van der Waals surface area (Å²) in [6.45, 7) is 5.74. The highest BCUT2D eigenvalue weighted by molar-refractivity contribution is 5.80. The van der Waals surface area contributed by atoms with Crippen molar-refractivity contribution in [3.05, 3.63) is 18.0 Å². The van der Waals surface area contributed by atoms with E-state index in [0.717, 1.165) is 42.0 Å². The number of hydrogen-bond acceptors (Lipinski definition) is 4. The molecule has 2 N–H and O–H groups in total. The maximum absolute atomic E-state index is 5.78. The maximum atomic E-state index is 5.78. The Labute approximate surface area is 126 Å². The highest BCUT2D eigenvalue weighted by Crippen LogP contribution is 2.34. The SMILES string of the molecule is CCC(CC)c1nc2cc(OC)c(OC)cc2n1CCN. The Morgan fingerprint density at radius 3 is 2.29 bits per heavy atom. The second-order valence-electron chi connectivity index (χ2n) is 5.12. The smallest absolute Gasteiger partial charge is 0.163 e. The van der Waals surface area contributed by atoms with E-state index in [1.54, 1.807) is 14.2 Å². The highest BCUT2D eigenvalue weighted by atomic mass is 16.5. The molecule has 1 aromatic carbocycles. The summed E-state index contributed by atoms with van der Waals surface area (Å²) in [7, 11) is 3.29. The van der Waals surface area contributed by atoms with Crippen LogP contribution < -0.4 is 15.2 Å². The van der Waals surface area contributed by atoms with Gasteiger partial charge in [0.2, 0.25) is 0 Å². The zero-order chi connectivity index (χ0) is 15.4. The van der Waals surface area contributed by atoms with Crippen molar-refractivity contribution >= 4 is 11.0 Å². The number of ether oxygens (including phenoxy) is 2. The minimum absolute atomic E-state index is 0.445. The predicted molar refractivity (Wildman–Crippen MR) is 85.2 cm³/mol. The van der Waals surface area contributed by atoms with E-state index in [9.17, 15) is 0 Å². The van der Waals surface area contributed by atoms with Crippen molar-refractivity contribution in [3.8, 4) is 11.5 Å². The van der Waals surface area contributed by atoms with Gasteiger partial charge in [-0.2, -0.15) is 0 Å². The quantitative estimate of drug-likeness (QED) is 0.852. The van der Waals surface area contributed by atoms with Crippen LogP contribution in [0.5, 0.6) is 11.5 Å². The number of nitrogens with two attached hydrogens (primary N) is 1. The Morgan fingerprint density at radius 2 is 1.76 bits per heavy atom. The van der Waals surface area contributed by atoms with Crippen LogP contribution in [0.3, 0.4) is 0 Å². The van der Waals surface area contributed by atoms with Crippen molar-refractivity contribution in [3.63, 3.8) is 0 Å². The summed E-state index contributed by atoms with van der Waals surface area (Å²) in [5, 5.41) is 0. The number of imidazole rings is 1. The second kappa shape index (κ2) is 6.80. The van der Waals surface area contributed by atoms with Crippen molar-refractivity contribution in [1.82, 2.24) is 9.55 Å². The summed E-state index contributed by atoms with van der Waals surface area (Å²) in [4.78, 5) is 4.83. The Kier molecular flexibility index (Phi) is 5.07. The number of aromatic nitrogens is 2. The topological polar surface area (TPSA) is 62.3 Å². The van der Waals surface area contributed by atoms with Gasteiger partial charge in [0, 0.05) is 31.1 Å². The van der Waals surface area contributed by atoms with Gasteiger partial charge < -0.3 is 19.8 Å². The van der Waals surface area contributed by atoms with Gasteiger partial charge in [-0.1, -0.05) is 13.8 Å². The van der Waals surface area contributed by atoms with Crippen LogP contribution in [0.25, 0.3) is 11.0 Å². The van der Waals surface area contributed by atoms with E-state index in [-0.39, 0.29) is 0 Å². The molecule has 2 aromatic rings. The van der Waals surface area contributed by atoms with Crippen LogP contribution in [0.1, 0.15) is 38.4 Å². The predicted octanol–water partition coefficient (Wildman–Crippen LogP) is 2.92. The minimum Gasteiger partial charge on any atom is -0.493 e. The molecule has 0 saturated heterocycles. The second-order valence-corrected chi connectivity index (χ2v) is 5.12. The lowest BCUT2D eigenvalue weighted by Gasteiger charge is -2.15. The molecule has 0 amide bonds. The summed E-state index contributed by atoms with van der Waals surface area (Å²) in [6.07, 6.45) is 2.14. The molecule has 1 aromatic heterocycles. The lowest BCUT2D eigenvalue weighted by Crippen LogP contribution is -2.14. The summed E-state index contributed by atoms with van der Waals surface area (Å²) in [5.41, 5.74) is 7.77. The van der Waals surface area contributed by atoms with Crippen LogP contribution >= 0.6 is 0 Å². The molecule has 0 fully saturated rings. The maximum Gasteiger partial charge on any atom is 0.163 e. The van der Waals surface area contributed by atoms with E-state index in [0.29, 0.717) is 18.2 Å². The van der Waals surface area contributed by atoms with Crippen molar-refractivity contribution in [2.75, 3.05) is 20.8 Å². The van der Waals surface area contributed by atoms with E-state index in [2.05, 4.69) is 18.4 Å². The molecule has 0 aliphatic rings. The van der Waals surface area contributed by atoms with E-state index in [4.69, 9.17) is 20.2 Å². The largest absolute Gasteiger partial charge is 0.493 e. The number of rotatable bonds is 7. The lowest BCUT2D eigenvalue weighted by molar-refractivity contribution is 0.355. The van der Waals surface area contributed by atoms with Gasteiger partial charge in [-0.3, -0.25) is 0 Å². The molecule has 0 spiro atoms. The molecule has 1 heterocycles. The number of benzene rings is 1. The first-order chi connectivity index (χ1) is 10.2. The number of hydrogen-bond donors (Lipinski definition) is 1. The molecule has 0 radical (unpaired) electrons. The van der Waals surface area contributed by atoms with Crippen LogP contribution in [0.15, 0.2) is 12.1 Å². The van der Waals surface area contributed by atoms with Crippen LogP contribution in [0, 0.1) is 0 Å². The van der Waals surface area contributed by atoms with Gasteiger partial charge in [-0.15, -0.1) is 0 Å². The minimum atomic E-state index is 0.445. The molecule has 0 saturated carbocycles. The third-order valence-corrected chi connectivity index (χ3v) is 3.99. The zero-order valence-corrected chi connectivity index (χ0v) is 13.3. The monoisotopic (exact) mass is 291 g/mol. The van der Waals surface area contributed by atoms with Gasteiger partial charge in [0.05, 0.1) is 25.3 Å². The Morgan fingerprint density at radius 1 is 1.14 bits per heavy atom. The summed E-state index contributed by atoms with van der Waals surface area (Å²) in [6, 6.07) is 3.93. The first kappa shape index (κ1) is 15.6. The average molecular weight is 291 g/mol. The van der Waals surface area contributed by atoms with Gasteiger partial charge >= 0.3 is 0 Å². The molecule has 5 nitrogen and oxygen atoms in total. The number of fused-ring (bicyclic) bond motifs is 1. The molecule has 0 unspecified atom stereocenters. The molecule has 21 heavy (non-hydrogen) atoms. The molecule has 5 heteroatoms. The zero-order valence-electron chi connectivity index (χ0n) is 13.3. The third-order valence-electron chi connectivity index (χ3n) is 3.99. The molecule has 0 aliphatic carbocycles. The van der Waals surface area contributed by atoms with Gasteiger partial charge in [-0.05, 0) is 12.8 Å². The Hall–Kier alpha value is -1.75. The van der Waals surface area contributed by atoms with Gasteiger partial charge in [0.25, 0.3) is 0 Å². The summed E-state index contributed by atoms with van der Waals surface area (Å²) >= 11 is 0. The van der Waals surface area contributed by atoms with Crippen molar-refractivity contribution < 1.29 is 9.47 Å². The third kappa shape index (κ3) is 2.83. The van der Waals surface area contributed by atoms with Gasteiger partial charge in [0.1, 0.15) is 5.82 Å². The molecule has 0 aliphatic heterocycles. The van der Waals surface area contributed by atoms with E-state index >= 15 is 0 Å². The van der Waals surface area contributed by atoms with Crippen molar-refractivity contribution in [1.29, 1.82) is 0 Å². The first-order valence-electron chi connectivity index (χ1n) is 7.52. The fraction of sp³-hybridized carbons (Fsp3) is 0.562. The number of nitrogens with zero attached hydrogens (tertiary/aromatic N) is 2. The summed E-state index contributed by atoms with van der Waals surface area (Å²) in [5.74, 6) is 2.98. The molecular weight excluding hydrogens is 266 g/mol. The Bertz CT molecular complexity index is 603. The molecule has 0 bridgehead atoms. The van der Waals surface area contributed by atoms with Crippen molar-refractivity contribution in [2.24, 2.45) is 5.73 Å². The van der Waals surface area contributed by atoms with Crippen molar-refractivity contribution in [2.45, 2.75) is 39.2 Å². The normalized spacial score (nSPS) is 11.3. The number of methoxy groups -OCH3 is 2. The van der Waals surface area contributed by atoms with Gasteiger partial charge in [0.15, 0.2) is 11.5 Å². The van der Waals surface area contributed by atoms with Crippen LogP contribution in [0.4, 0.5) is 0 Å². The lowest BCUT2D eigenvalue weighted by atomic mass is 10.0. The average Bonchev–Trinajstić information content (AvgIpc) is 2.85. The van der Waals surface area contributed by atoms with E-state index < -0.39 is 0 Å².